The number of halogens is 1. The van der Waals surface area contributed by atoms with Crippen molar-refractivity contribution in [2.24, 2.45) is 0 Å². The number of fused-ring (bicyclic) bond motifs is 1. The number of alkyl halides is 1. The minimum atomic E-state index is 0.344. The van der Waals surface area contributed by atoms with Crippen LogP contribution in [0.15, 0.2) is 24.5 Å². The van der Waals surface area contributed by atoms with Crippen molar-refractivity contribution in [3.05, 3.63) is 35.9 Å². The van der Waals surface area contributed by atoms with Gasteiger partial charge in [0.25, 0.3) is 0 Å². The van der Waals surface area contributed by atoms with Gasteiger partial charge in [-0.25, -0.2) is 4.98 Å². The van der Waals surface area contributed by atoms with Gasteiger partial charge in [-0.1, -0.05) is 0 Å². The van der Waals surface area contributed by atoms with Crippen molar-refractivity contribution in [1.29, 1.82) is 0 Å². The zero-order valence-electron chi connectivity index (χ0n) is 12.0. The van der Waals surface area contributed by atoms with Crippen LogP contribution in [-0.4, -0.2) is 31.4 Å². The van der Waals surface area contributed by atoms with E-state index in [9.17, 15) is 0 Å². The third-order valence-electron chi connectivity index (χ3n) is 3.29. The minimum absolute atomic E-state index is 0.344. The van der Waals surface area contributed by atoms with Crippen molar-refractivity contribution >= 4 is 22.8 Å². The molecule has 3 heterocycles. The Morgan fingerprint density at radius 3 is 2.76 bits per heavy atom. The molecule has 110 valence electrons. The number of hydrogen-bond donors (Lipinski definition) is 0. The van der Waals surface area contributed by atoms with E-state index in [2.05, 4.69) is 15.1 Å². The molecule has 0 unspecified atom stereocenters. The average Bonchev–Trinajstić information content (AvgIpc) is 3.07. The second-order valence-corrected chi connectivity index (χ2v) is 5.06. The minimum Gasteiger partial charge on any atom is -0.481 e. The molecule has 0 bridgehead atoms. The molecule has 0 N–H and O–H groups in total. The Kier molecular flexibility index (Phi) is 3.79. The van der Waals surface area contributed by atoms with Crippen LogP contribution < -0.4 is 4.74 Å². The first kappa shape index (κ1) is 13.9. The average molecular weight is 306 g/mol. The molecule has 0 saturated carbocycles. The molecular formula is C14H16ClN5O. The number of hydrogen-bond acceptors (Lipinski definition) is 4. The summed E-state index contributed by atoms with van der Waals surface area (Å²) in [6.07, 6.45) is 3.85. The zero-order chi connectivity index (χ0) is 14.8. The Balaban J connectivity index is 1.94. The predicted molar refractivity (Wildman–Crippen MR) is 80.6 cm³/mol. The summed E-state index contributed by atoms with van der Waals surface area (Å²) in [6.45, 7) is 3.47. The molecule has 6 nitrogen and oxygen atoms in total. The topological polar surface area (TPSA) is 57.8 Å². The highest BCUT2D eigenvalue weighted by atomic mass is 35.5. The number of pyridine rings is 1. The monoisotopic (exact) mass is 305 g/mol. The van der Waals surface area contributed by atoms with Crippen molar-refractivity contribution in [3.63, 3.8) is 0 Å². The Labute approximate surface area is 127 Å². The van der Waals surface area contributed by atoms with Crippen molar-refractivity contribution < 1.29 is 4.74 Å². The van der Waals surface area contributed by atoms with Crippen LogP contribution in [0.2, 0.25) is 0 Å². The lowest BCUT2D eigenvalue weighted by atomic mass is 10.4. The Morgan fingerprint density at radius 2 is 2.10 bits per heavy atom. The van der Waals surface area contributed by atoms with E-state index in [0.29, 0.717) is 18.3 Å². The lowest BCUT2D eigenvalue weighted by Crippen LogP contribution is -2.10. The highest BCUT2D eigenvalue weighted by Crippen LogP contribution is 2.19. The molecule has 7 heteroatoms. The van der Waals surface area contributed by atoms with E-state index < -0.39 is 0 Å². The van der Waals surface area contributed by atoms with E-state index in [1.54, 1.807) is 13.2 Å². The summed E-state index contributed by atoms with van der Waals surface area (Å²) in [6, 6.07) is 3.69. The molecule has 3 aromatic heterocycles. The quantitative estimate of drug-likeness (QED) is 0.679. The van der Waals surface area contributed by atoms with Crippen molar-refractivity contribution in [2.45, 2.75) is 25.9 Å². The molecule has 0 aromatic carbocycles. The summed E-state index contributed by atoms with van der Waals surface area (Å²) in [7, 11) is 1.60. The summed E-state index contributed by atoms with van der Waals surface area (Å²) >= 11 is 6.00. The number of methoxy groups -OCH3 is 1. The molecule has 0 fully saturated rings. The highest BCUT2D eigenvalue weighted by molar-refractivity contribution is 6.16. The molecule has 0 saturated heterocycles. The highest BCUT2D eigenvalue weighted by Gasteiger charge is 2.12. The smallest absolute Gasteiger partial charge is 0.215 e. The van der Waals surface area contributed by atoms with Gasteiger partial charge in [-0.05, 0) is 18.6 Å². The SMILES string of the molecule is COc1ccc2nc(CCl)n(CCn3cc(C)cn3)c2n1. The fourth-order valence-corrected chi connectivity index (χ4v) is 2.48. The lowest BCUT2D eigenvalue weighted by molar-refractivity contribution is 0.398. The summed E-state index contributed by atoms with van der Waals surface area (Å²) in [5.74, 6) is 1.72. The fraction of sp³-hybridized carbons (Fsp3) is 0.357. The molecule has 3 aromatic rings. The first-order valence-electron chi connectivity index (χ1n) is 6.66. The van der Waals surface area contributed by atoms with E-state index in [4.69, 9.17) is 16.3 Å². The maximum atomic E-state index is 6.00. The van der Waals surface area contributed by atoms with Crippen LogP contribution >= 0.6 is 11.6 Å². The van der Waals surface area contributed by atoms with Gasteiger partial charge in [-0.15, -0.1) is 11.6 Å². The number of ether oxygens (including phenoxy) is 1. The standard InChI is InChI=1S/C14H16ClN5O/c1-10-8-16-19(9-10)5-6-20-12(7-15)17-11-3-4-13(21-2)18-14(11)20/h3-4,8-9H,5-7H2,1-2H3. The van der Waals surface area contributed by atoms with E-state index in [0.717, 1.165) is 29.1 Å². The van der Waals surface area contributed by atoms with Crippen LogP contribution in [0.1, 0.15) is 11.4 Å². The number of nitrogens with zero attached hydrogens (tertiary/aromatic N) is 5. The van der Waals surface area contributed by atoms with Gasteiger partial charge >= 0.3 is 0 Å². The molecule has 0 spiro atoms. The zero-order valence-corrected chi connectivity index (χ0v) is 12.7. The van der Waals surface area contributed by atoms with E-state index in [-0.39, 0.29) is 0 Å². The van der Waals surface area contributed by atoms with Gasteiger partial charge in [0.05, 0.1) is 25.7 Å². The molecule has 0 amide bonds. The molecule has 3 rings (SSSR count). The molecule has 0 radical (unpaired) electrons. The number of imidazole rings is 1. The second-order valence-electron chi connectivity index (χ2n) is 4.79. The molecule has 0 atom stereocenters. The largest absolute Gasteiger partial charge is 0.481 e. The Morgan fingerprint density at radius 1 is 1.24 bits per heavy atom. The predicted octanol–water partition coefficient (Wildman–Crippen LogP) is 2.38. The molecule has 21 heavy (non-hydrogen) atoms. The van der Waals surface area contributed by atoms with Gasteiger partial charge in [-0.2, -0.15) is 10.1 Å². The summed E-state index contributed by atoms with van der Waals surface area (Å²) in [5, 5.41) is 4.29. The van der Waals surface area contributed by atoms with Crippen LogP contribution in [0, 0.1) is 6.92 Å². The summed E-state index contributed by atoms with van der Waals surface area (Å²) in [5.41, 5.74) is 2.75. The maximum Gasteiger partial charge on any atom is 0.215 e. The van der Waals surface area contributed by atoms with Crippen molar-refractivity contribution in [1.82, 2.24) is 24.3 Å². The van der Waals surface area contributed by atoms with Crippen LogP contribution in [0.3, 0.4) is 0 Å². The first-order chi connectivity index (χ1) is 10.2. The number of rotatable bonds is 5. The third kappa shape index (κ3) is 2.71. The summed E-state index contributed by atoms with van der Waals surface area (Å²) < 4.78 is 9.10. The van der Waals surface area contributed by atoms with Gasteiger partial charge in [0.15, 0.2) is 5.65 Å². The second kappa shape index (κ2) is 5.73. The Bertz CT molecular complexity index is 764. The molecule has 0 aliphatic rings. The maximum absolute atomic E-state index is 6.00. The van der Waals surface area contributed by atoms with E-state index >= 15 is 0 Å². The lowest BCUT2D eigenvalue weighted by Gasteiger charge is -2.07. The third-order valence-corrected chi connectivity index (χ3v) is 3.53. The van der Waals surface area contributed by atoms with E-state index in [1.807, 2.05) is 34.6 Å². The molecule has 0 aliphatic carbocycles. The Hall–Kier alpha value is -2.08. The van der Waals surface area contributed by atoms with Crippen LogP contribution in [0.25, 0.3) is 11.2 Å². The fourth-order valence-electron chi connectivity index (χ4n) is 2.27. The molecule has 0 aliphatic heterocycles. The van der Waals surface area contributed by atoms with Crippen LogP contribution in [0.4, 0.5) is 0 Å². The van der Waals surface area contributed by atoms with Crippen molar-refractivity contribution in [2.75, 3.05) is 7.11 Å². The van der Waals surface area contributed by atoms with Crippen LogP contribution in [-0.2, 0) is 19.0 Å². The van der Waals surface area contributed by atoms with Gasteiger partial charge in [0.2, 0.25) is 5.88 Å². The molecular weight excluding hydrogens is 290 g/mol. The van der Waals surface area contributed by atoms with Gasteiger partial charge in [0, 0.05) is 18.8 Å². The van der Waals surface area contributed by atoms with Gasteiger partial charge in [-0.3, -0.25) is 4.68 Å². The normalized spacial score (nSPS) is 11.2. The van der Waals surface area contributed by atoms with Crippen LogP contribution in [0.5, 0.6) is 5.88 Å². The van der Waals surface area contributed by atoms with Gasteiger partial charge < -0.3 is 9.30 Å². The van der Waals surface area contributed by atoms with Crippen molar-refractivity contribution in [3.8, 4) is 5.88 Å². The summed E-state index contributed by atoms with van der Waals surface area (Å²) in [4.78, 5) is 8.98. The first-order valence-corrected chi connectivity index (χ1v) is 7.20. The van der Waals surface area contributed by atoms with Gasteiger partial charge in [0.1, 0.15) is 11.3 Å². The van der Waals surface area contributed by atoms with E-state index in [1.165, 1.54) is 0 Å². The number of aryl methyl sites for hydroxylation is 3. The number of aromatic nitrogens is 5.